The summed E-state index contributed by atoms with van der Waals surface area (Å²) in [5.74, 6) is -5.81. The zero-order valence-corrected chi connectivity index (χ0v) is 7.54. The third kappa shape index (κ3) is 5.93. The summed E-state index contributed by atoms with van der Waals surface area (Å²) < 4.78 is 80.3. The van der Waals surface area contributed by atoms with E-state index in [-0.39, 0.29) is 18.9 Å². The van der Waals surface area contributed by atoms with E-state index in [4.69, 9.17) is 0 Å². The van der Waals surface area contributed by atoms with E-state index in [1.165, 1.54) is 0 Å². The van der Waals surface area contributed by atoms with Crippen LogP contribution in [0.15, 0.2) is 0 Å². The number of halogens is 6. The van der Waals surface area contributed by atoms with Crippen molar-refractivity contribution in [1.29, 1.82) is 0 Å². The maximum Gasteiger partial charge on any atom is 1.00 e. The van der Waals surface area contributed by atoms with Crippen LogP contribution in [0.4, 0.5) is 26.3 Å². The molecule has 0 amide bonds. The first-order valence-corrected chi connectivity index (χ1v) is 4.09. The first-order valence-electron chi connectivity index (χ1n) is 2.55. The molecule has 0 aliphatic carbocycles. The molecule has 0 radical (unpaired) electrons. The zero-order valence-electron chi connectivity index (χ0n) is 6.65. The van der Waals surface area contributed by atoms with Crippen molar-refractivity contribution in [2.45, 2.75) is 12.1 Å². The molecule has 0 N–H and O–H groups in total. The molecule has 80 valence electrons. The Kier molecular flexibility index (Phi) is 5.86. The summed E-state index contributed by atoms with van der Waals surface area (Å²) in [5, 5.41) is 0. The van der Waals surface area contributed by atoms with Gasteiger partial charge in [-0.25, -0.2) is 0 Å². The Balaban J connectivity index is 0. The van der Waals surface area contributed by atoms with Gasteiger partial charge >= 0.3 is 31.0 Å². The molecule has 0 rings (SSSR count). The van der Waals surface area contributed by atoms with E-state index in [9.17, 15) is 35.8 Å². The first-order chi connectivity index (χ1) is 5.46. The summed E-state index contributed by atoms with van der Waals surface area (Å²) in [6.07, 6.45) is -5.12. The summed E-state index contributed by atoms with van der Waals surface area (Å²) in [7, 11) is -6.44. The van der Waals surface area contributed by atoms with Crippen molar-refractivity contribution in [1.82, 2.24) is 0 Å². The molecule has 0 spiro atoms. The largest absolute Gasteiger partial charge is 1.00 e. The normalized spacial score (nSPS) is 17.1. The van der Waals surface area contributed by atoms with Crippen LogP contribution < -0.4 is 23.8 Å². The van der Waals surface area contributed by atoms with Crippen LogP contribution in [0.5, 0.6) is 0 Å². The molecule has 0 heterocycles. The van der Waals surface area contributed by atoms with Gasteiger partial charge in [0.2, 0.25) is 7.60 Å². The van der Waals surface area contributed by atoms with E-state index in [0.29, 0.717) is 0 Å². The SMILES string of the molecule is O=P([O-])(OCC(F)(F)F)C(F)(F)F.[Li+]. The van der Waals surface area contributed by atoms with Crippen LogP contribution in [0.2, 0.25) is 0 Å². The van der Waals surface area contributed by atoms with E-state index >= 15 is 0 Å². The molecular weight excluding hydrogens is 236 g/mol. The van der Waals surface area contributed by atoms with Gasteiger partial charge in [-0.15, -0.1) is 0 Å². The van der Waals surface area contributed by atoms with Crippen molar-refractivity contribution in [2.75, 3.05) is 6.61 Å². The summed E-state index contributed by atoms with van der Waals surface area (Å²) in [6.45, 7) is -2.48. The smallest absolute Gasteiger partial charge is 0.772 e. The predicted molar refractivity (Wildman–Crippen MR) is 25.7 cm³/mol. The molecule has 0 aromatic carbocycles. The Morgan fingerprint density at radius 3 is 1.71 bits per heavy atom. The summed E-state index contributed by atoms with van der Waals surface area (Å²) in [4.78, 5) is 9.88. The van der Waals surface area contributed by atoms with E-state index in [0.717, 1.165) is 0 Å². The minimum atomic E-state index is -6.44. The molecule has 3 nitrogen and oxygen atoms in total. The predicted octanol–water partition coefficient (Wildman–Crippen LogP) is -1.36. The van der Waals surface area contributed by atoms with Gasteiger partial charge in [0.25, 0.3) is 0 Å². The van der Waals surface area contributed by atoms with Gasteiger partial charge in [0, 0.05) is 0 Å². The summed E-state index contributed by atoms with van der Waals surface area (Å²) in [5.41, 5.74) is 0. The molecule has 11 heteroatoms. The molecule has 1 unspecified atom stereocenters. The van der Waals surface area contributed by atoms with E-state index in [1.807, 2.05) is 0 Å². The van der Waals surface area contributed by atoms with Crippen LogP contribution >= 0.6 is 7.60 Å². The average Bonchev–Trinajstić information content (AvgIpc) is 1.79. The Morgan fingerprint density at radius 1 is 1.14 bits per heavy atom. The molecule has 0 aromatic rings. The monoisotopic (exact) mass is 238 g/mol. The van der Waals surface area contributed by atoms with Crippen LogP contribution in [-0.4, -0.2) is 18.7 Å². The third-order valence-electron chi connectivity index (χ3n) is 0.709. The molecule has 0 aliphatic heterocycles. The minimum absolute atomic E-state index is 0. The van der Waals surface area contributed by atoms with Crippen LogP contribution in [-0.2, 0) is 9.09 Å². The third-order valence-corrected chi connectivity index (χ3v) is 1.80. The van der Waals surface area contributed by atoms with Crippen LogP contribution in [0.25, 0.3) is 0 Å². The molecule has 0 saturated heterocycles. The van der Waals surface area contributed by atoms with Crippen LogP contribution in [0, 0.1) is 0 Å². The maximum absolute atomic E-state index is 11.3. The molecule has 0 fully saturated rings. The van der Waals surface area contributed by atoms with Crippen LogP contribution in [0.1, 0.15) is 0 Å². The zero-order chi connectivity index (χ0) is 10.9. The van der Waals surface area contributed by atoms with Gasteiger partial charge in [0.15, 0.2) is 0 Å². The Labute approximate surface area is 86.1 Å². The molecule has 14 heavy (non-hydrogen) atoms. The minimum Gasteiger partial charge on any atom is -0.772 e. The first kappa shape index (κ1) is 16.7. The molecular formula is C3H2F6LiO3P. The van der Waals surface area contributed by atoms with Gasteiger partial charge in [-0.2, -0.15) is 26.3 Å². The topological polar surface area (TPSA) is 49.4 Å². The van der Waals surface area contributed by atoms with Gasteiger partial charge in [-0.1, -0.05) is 0 Å². The van der Waals surface area contributed by atoms with Crippen molar-refractivity contribution < 1.29 is 59.2 Å². The van der Waals surface area contributed by atoms with Crippen molar-refractivity contribution in [3.05, 3.63) is 0 Å². The van der Waals surface area contributed by atoms with Crippen molar-refractivity contribution in [2.24, 2.45) is 0 Å². The Bertz CT molecular complexity index is 223. The van der Waals surface area contributed by atoms with E-state index < -0.39 is 26.3 Å². The molecule has 0 bridgehead atoms. The van der Waals surface area contributed by atoms with Gasteiger partial charge in [0.1, 0.15) is 6.61 Å². The summed E-state index contributed by atoms with van der Waals surface area (Å²) in [6, 6.07) is 0. The summed E-state index contributed by atoms with van der Waals surface area (Å²) >= 11 is 0. The van der Waals surface area contributed by atoms with Crippen molar-refractivity contribution >= 4 is 7.60 Å². The second-order valence-electron chi connectivity index (χ2n) is 1.85. The van der Waals surface area contributed by atoms with E-state index in [1.54, 1.807) is 0 Å². The van der Waals surface area contributed by atoms with E-state index in [2.05, 4.69) is 4.52 Å². The van der Waals surface area contributed by atoms with Crippen molar-refractivity contribution in [3.63, 3.8) is 0 Å². The van der Waals surface area contributed by atoms with Gasteiger partial charge in [-0.05, 0) is 0 Å². The van der Waals surface area contributed by atoms with Gasteiger partial charge < -0.3 is 9.42 Å². The maximum atomic E-state index is 11.3. The van der Waals surface area contributed by atoms with Gasteiger partial charge in [0.05, 0.1) is 0 Å². The fourth-order valence-corrected chi connectivity index (χ4v) is 0.694. The quantitative estimate of drug-likeness (QED) is 0.339. The molecule has 0 aromatic heterocycles. The number of alkyl halides is 6. The molecule has 0 aliphatic rings. The standard InChI is InChI=1S/C3H3F6O3P.Li/c4-2(5,6)1-12-13(10,11)3(7,8)9;/h1H2,(H,10,11);/q;+1/p-1. The number of hydrogen-bond acceptors (Lipinski definition) is 3. The van der Waals surface area contributed by atoms with Crippen molar-refractivity contribution in [3.8, 4) is 0 Å². The van der Waals surface area contributed by atoms with Gasteiger partial charge in [-0.3, -0.25) is 4.57 Å². The van der Waals surface area contributed by atoms with Crippen LogP contribution in [0.3, 0.4) is 0 Å². The molecule has 0 saturated carbocycles. The fraction of sp³-hybridized carbons (Fsp3) is 1.00. The second kappa shape index (κ2) is 4.90. The Morgan fingerprint density at radius 2 is 1.50 bits per heavy atom. The Hall–Kier alpha value is 0.327. The fourth-order valence-electron chi connectivity index (χ4n) is 0.231. The average molecular weight is 238 g/mol. The molecule has 1 atom stereocenters. The second-order valence-corrected chi connectivity index (χ2v) is 3.61. The number of hydrogen-bond donors (Lipinski definition) is 0. The number of rotatable bonds is 2.